The van der Waals surface area contributed by atoms with Crippen LogP contribution in [0.2, 0.25) is 0 Å². The van der Waals surface area contributed by atoms with Crippen LogP contribution >= 0.6 is 34.0 Å². The van der Waals surface area contributed by atoms with Crippen molar-refractivity contribution in [1.29, 1.82) is 0 Å². The fraction of sp³-hybridized carbons (Fsp3) is 0.583. The molecule has 0 fully saturated rings. The summed E-state index contributed by atoms with van der Waals surface area (Å²) < 4.78 is 4.69. The van der Waals surface area contributed by atoms with E-state index in [1.165, 1.54) is 69.4 Å². The second kappa shape index (κ2) is 16.2. The van der Waals surface area contributed by atoms with E-state index < -0.39 is 0 Å². The van der Waals surface area contributed by atoms with Gasteiger partial charge in [0.05, 0.1) is 9.75 Å². The topological polar surface area (TPSA) is 48.2 Å². The monoisotopic (exact) mass is 550 g/mol. The maximum atomic E-state index is 9.14. The van der Waals surface area contributed by atoms with Crippen LogP contribution < -0.4 is 33.9 Å². The number of aliphatic hydroxyl groups excluding tert-OH is 2. The molecule has 0 aliphatic heterocycles. The molecule has 2 N–H and O–H groups in total. The SMILES string of the molecule is Cc1c(CCO)sc[n+]1CCCCc1ccc(CCCC[n+]2csc(CCO)c2C)s1.[Cl-].[Cl-]. The molecule has 3 rings (SSSR count). The summed E-state index contributed by atoms with van der Waals surface area (Å²) in [6.07, 6.45) is 8.75. The van der Waals surface area contributed by atoms with E-state index in [-0.39, 0.29) is 38.0 Å². The van der Waals surface area contributed by atoms with E-state index in [1.807, 2.05) is 11.3 Å². The molecular formula is C24H36Cl2N2O2S3. The molecule has 3 aromatic heterocycles. The summed E-state index contributed by atoms with van der Waals surface area (Å²) in [5.41, 5.74) is 7.04. The Morgan fingerprint density at radius 3 is 1.48 bits per heavy atom. The quantitative estimate of drug-likeness (QED) is 0.183. The predicted octanol–water partition coefficient (Wildman–Crippen LogP) is -1.81. The lowest BCUT2D eigenvalue weighted by atomic mass is 10.2. The Balaban J connectivity index is 0.00000272. The van der Waals surface area contributed by atoms with Crippen LogP contribution in [0.1, 0.15) is 56.6 Å². The van der Waals surface area contributed by atoms with Crippen LogP contribution in [-0.2, 0) is 38.8 Å². The van der Waals surface area contributed by atoms with Gasteiger partial charge in [0, 0.05) is 62.5 Å². The van der Waals surface area contributed by atoms with Gasteiger partial charge in [-0.05, 0) is 37.8 Å². The Bertz CT molecular complexity index is 867. The van der Waals surface area contributed by atoms with Gasteiger partial charge in [-0.1, -0.05) is 22.7 Å². The number of halogens is 2. The van der Waals surface area contributed by atoms with Gasteiger partial charge < -0.3 is 35.0 Å². The zero-order chi connectivity index (χ0) is 22.1. The van der Waals surface area contributed by atoms with Crippen molar-refractivity contribution in [3.63, 3.8) is 0 Å². The van der Waals surface area contributed by atoms with Crippen molar-refractivity contribution >= 4 is 34.0 Å². The largest absolute Gasteiger partial charge is 1.00 e. The summed E-state index contributed by atoms with van der Waals surface area (Å²) in [6.45, 7) is 6.95. The third kappa shape index (κ3) is 9.21. The van der Waals surface area contributed by atoms with Crippen molar-refractivity contribution in [2.75, 3.05) is 13.2 Å². The first-order valence-electron chi connectivity index (χ1n) is 11.3. The minimum Gasteiger partial charge on any atom is -1.00 e. The Kier molecular flexibility index (Phi) is 15.0. The first-order chi connectivity index (χ1) is 15.1. The predicted molar refractivity (Wildman–Crippen MR) is 130 cm³/mol. The van der Waals surface area contributed by atoms with Crippen LogP contribution in [0.15, 0.2) is 23.2 Å². The lowest BCUT2D eigenvalue weighted by molar-refractivity contribution is -0.698. The standard InChI is InChI=1S/C24H36N2O2S3.2ClH/c1-19-23(11-15-27)29-17-25(19)13-5-3-7-21-9-10-22(31-21)8-4-6-14-26-18-30-24(12-16-28)20(26)2;;/h9-10,17-18,27-28H,3-8,11-16H2,1-2H3;2*1H/q+2;;/p-2. The number of aromatic nitrogens is 2. The Morgan fingerprint density at radius 2 is 1.09 bits per heavy atom. The second-order valence-corrected chi connectivity index (χ2v) is 11.2. The van der Waals surface area contributed by atoms with E-state index in [0.717, 1.165) is 25.9 Å². The summed E-state index contributed by atoms with van der Waals surface area (Å²) in [7, 11) is 0. The highest BCUT2D eigenvalue weighted by Crippen LogP contribution is 2.21. The molecule has 0 saturated carbocycles. The summed E-state index contributed by atoms with van der Waals surface area (Å²) in [4.78, 5) is 5.64. The van der Waals surface area contributed by atoms with Gasteiger partial charge in [-0.2, -0.15) is 9.13 Å². The van der Waals surface area contributed by atoms with Gasteiger partial charge in [-0.15, -0.1) is 11.3 Å². The van der Waals surface area contributed by atoms with Crippen LogP contribution in [0.4, 0.5) is 0 Å². The summed E-state index contributed by atoms with van der Waals surface area (Å²) in [6, 6.07) is 4.64. The van der Waals surface area contributed by atoms with Crippen LogP contribution in [0.25, 0.3) is 0 Å². The first kappa shape index (κ1) is 30.5. The van der Waals surface area contributed by atoms with Crippen molar-refractivity contribution < 1.29 is 44.2 Å². The zero-order valence-corrected chi connectivity index (χ0v) is 23.5. The Hall–Kier alpha value is -0.540. The molecule has 186 valence electrons. The Labute approximate surface area is 222 Å². The number of unbranched alkanes of at least 4 members (excludes halogenated alkanes) is 2. The third-order valence-electron chi connectivity index (χ3n) is 5.85. The van der Waals surface area contributed by atoms with Gasteiger partial charge in [0.2, 0.25) is 11.0 Å². The third-order valence-corrected chi connectivity index (χ3v) is 9.35. The molecule has 0 aliphatic rings. The number of nitrogens with zero attached hydrogens (tertiary/aromatic N) is 2. The molecule has 9 heteroatoms. The van der Waals surface area contributed by atoms with Crippen molar-refractivity contribution in [3.05, 3.63) is 54.1 Å². The smallest absolute Gasteiger partial charge is 0.225 e. The minimum absolute atomic E-state index is 0. The molecule has 3 heterocycles. The number of rotatable bonds is 14. The lowest BCUT2D eigenvalue weighted by Crippen LogP contribution is -3.00. The van der Waals surface area contributed by atoms with Crippen LogP contribution in [-0.4, -0.2) is 23.4 Å². The van der Waals surface area contributed by atoms with E-state index in [0.29, 0.717) is 0 Å². The molecule has 0 unspecified atom stereocenters. The fourth-order valence-corrected chi connectivity index (χ4v) is 7.01. The number of aliphatic hydroxyl groups is 2. The van der Waals surface area contributed by atoms with Crippen LogP contribution in [0.5, 0.6) is 0 Å². The number of hydrogen-bond donors (Lipinski definition) is 2. The van der Waals surface area contributed by atoms with Gasteiger partial charge in [-0.3, -0.25) is 0 Å². The highest BCUT2D eigenvalue weighted by Gasteiger charge is 2.15. The molecule has 0 aliphatic carbocycles. The number of aryl methyl sites for hydroxylation is 4. The second-order valence-electron chi connectivity index (χ2n) is 8.08. The van der Waals surface area contributed by atoms with Gasteiger partial charge in [0.25, 0.3) is 0 Å². The minimum atomic E-state index is 0. The van der Waals surface area contributed by atoms with E-state index in [2.05, 4.69) is 46.1 Å². The molecule has 0 spiro atoms. The highest BCUT2D eigenvalue weighted by atomic mass is 35.5. The van der Waals surface area contributed by atoms with Crippen molar-refractivity contribution in [3.8, 4) is 0 Å². The highest BCUT2D eigenvalue weighted by molar-refractivity contribution is 7.12. The van der Waals surface area contributed by atoms with Crippen LogP contribution in [0.3, 0.4) is 0 Å². The van der Waals surface area contributed by atoms with Crippen molar-refractivity contribution in [2.45, 2.75) is 78.3 Å². The average Bonchev–Trinajstić information content (AvgIpc) is 3.45. The van der Waals surface area contributed by atoms with E-state index >= 15 is 0 Å². The van der Waals surface area contributed by atoms with Gasteiger partial charge >= 0.3 is 0 Å². The Morgan fingerprint density at radius 1 is 0.667 bits per heavy atom. The van der Waals surface area contributed by atoms with E-state index in [9.17, 15) is 0 Å². The van der Waals surface area contributed by atoms with E-state index in [1.54, 1.807) is 22.7 Å². The zero-order valence-electron chi connectivity index (χ0n) is 19.6. The molecule has 33 heavy (non-hydrogen) atoms. The van der Waals surface area contributed by atoms with Crippen molar-refractivity contribution in [2.24, 2.45) is 0 Å². The lowest BCUT2D eigenvalue weighted by Gasteiger charge is -1.99. The number of thiophene rings is 1. The number of hydrogen-bond acceptors (Lipinski definition) is 5. The van der Waals surface area contributed by atoms with Gasteiger partial charge in [-0.25, -0.2) is 0 Å². The first-order valence-corrected chi connectivity index (χ1v) is 13.9. The molecule has 4 nitrogen and oxygen atoms in total. The number of thiazole rings is 2. The van der Waals surface area contributed by atoms with Crippen molar-refractivity contribution in [1.82, 2.24) is 0 Å². The summed E-state index contributed by atoms with van der Waals surface area (Å²) in [5.74, 6) is 0. The maximum Gasteiger partial charge on any atom is 0.225 e. The maximum absolute atomic E-state index is 9.14. The van der Waals surface area contributed by atoms with Gasteiger partial charge in [0.1, 0.15) is 13.1 Å². The normalized spacial score (nSPS) is 10.8. The molecule has 0 atom stereocenters. The molecule has 0 amide bonds. The van der Waals surface area contributed by atoms with E-state index in [4.69, 9.17) is 10.2 Å². The molecular weight excluding hydrogens is 515 g/mol. The summed E-state index contributed by atoms with van der Waals surface area (Å²) >= 11 is 5.52. The van der Waals surface area contributed by atoms with Crippen LogP contribution in [0, 0.1) is 13.8 Å². The van der Waals surface area contributed by atoms with Gasteiger partial charge in [0.15, 0.2) is 11.4 Å². The molecule has 0 saturated heterocycles. The molecule has 0 aromatic carbocycles. The molecule has 3 aromatic rings. The average molecular weight is 552 g/mol. The summed E-state index contributed by atoms with van der Waals surface area (Å²) in [5, 5.41) is 18.3. The molecule has 0 bridgehead atoms. The molecule has 0 radical (unpaired) electrons. The fourth-order valence-electron chi connectivity index (χ4n) is 3.88.